The lowest BCUT2D eigenvalue weighted by Crippen LogP contribution is -2.40. The van der Waals surface area contributed by atoms with E-state index in [0.717, 1.165) is 31.3 Å². The van der Waals surface area contributed by atoms with Crippen LogP contribution in [0.5, 0.6) is 0 Å². The zero-order valence-electron chi connectivity index (χ0n) is 17.2. The molecule has 2 fully saturated rings. The average molecular weight is 420 g/mol. The molecule has 2 saturated heterocycles. The molecule has 5 nitrogen and oxygen atoms in total. The molecule has 2 aromatic rings. The maximum Gasteiger partial charge on any atom is 0.418 e. The molecule has 0 radical (unpaired) electrons. The van der Waals surface area contributed by atoms with Gasteiger partial charge >= 0.3 is 6.18 Å². The van der Waals surface area contributed by atoms with Gasteiger partial charge in [-0.05, 0) is 56.1 Å². The number of anilines is 1. The summed E-state index contributed by atoms with van der Waals surface area (Å²) in [5, 5.41) is 3.65. The smallest absolute Gasteiger partial charge is 0.369 e. The Hall–Kier alpha value is -2.35. The molecule has 2 aliphatic rings. The van der Waals surface area contributed by atoms with Crippen LogP contribution in [0.25, 0.3) is 10.9 Å². The number of aromatic nitrogens is 1. The second-order valence-electron chi connectivity index (χ2n) is 8.71. The van der Waals surface area contributed by atoms with Gasteiger partial charge in [-0.15, -0.1) is 0 Å². The Morgan fingerprint density at radius 2 is 2.03 bits per heavy atom. The van der Waals surface area contributed by atoms with Crippen LogP contribution in [0.3, 0.4) is 0 Å². The van der Waals surface area contributed by atoms with Crippen molar-refractivity contribution in [2.75, 3.05) is 38.1 Å². The molecule has 162 valence electrons. The molecule has 3 atom stereocenters. The summed E-state index contributed by atoms with van der Waals surface area (Å²) in [6.45, 7) is 5.29. The van der Waals surface area contributed by atoms with Gasteiger partial charge in [-0.2, -0.15) is 13.2 Å². The number of amides is 1. The predicted octanol–water partition coefficient (Wildman–Crippen LogP) is 3.54. The van der Waals surface area contributed by atoms with E-state index in [1.165, 1.54) is 12.3 Å². The van der Waals surface area contributed by atoms with Crippen molar-refractivity contribution in [3.05, 3.63) is 36.0 Å². The highest BCUT2D eigenvalue weighted by Crippen LogP contribution is 2.38. The van der Waals surface area contributed by atoms with Crippen LogP contribution in [0.2, 0.25) is 0 Å². The number of halogens is 3. The Kier molecular flexibility index (Phi) is 5.61. The van der Waals surface area contributed by atoms with Gasteiger partial charge < -0.3 is 15.1 Å². The number of hydrogen-bond acceptors (Lipinski definition) is 4. The Labute approximate surface area is 174 Å². The highest BCUT2D eigenvalue weighted by atomic mass is 19.4. The molecule has 2 aliphatic heterocycles. The summed E-state index contributed by atoms with van der Waals surface area (Å²) in [6.07, 6.45) is -1.49. The van der Waals surface area contributed by atoms with Gasteiger partial charge in [0.2, 0.25) is 5.91 Å². The molecule has 0 aliphatic carbocycles. The number of hydrogen-bond donors (Lipinski definition) is 1. The van der Waals surface area contributed by atoms with Gasteiger partial charge in [0.05, 0.1) is 17.1 Å². The number of nitrogens with zero attached hydrogens (tertiary/aromatic N) is 3. The third-order valence-corrected chi connectivity index (χ3v) is 6.31. The van der Waals surface area contributed by atoms with Crippen LogP contribution in [0.15, 0.2) is 30.5 Å². The molecule has 1 amide bonds. The predicted molar refractivity (Wildman–Crippen MR) is 110 cm³/mol. The molecule has 0 saturated carbocycles. The van der Waals surface area contributed by atoms with Crippen molar-refractivity contribution in [2.45, 2.75) is 32.0 Å². The van der Waals surface area contributed by atoms with E-state index in [2.05, 4.69) is 34.1 Å². The van der Waals surface area contributed by atoms with E-state index in [1.807, 2.05) is 0 Å². The molecule has 4 rings (SSSR count). The summed E-state index contributed by atoms with van der Waals surface area (Å²) < 4.78 is 40.1. The van der Waals surface area contributed by atoms with Crippen molar-refractivity contribution in [2.24, 2.45) is 11.8 Å². The van der Waals surface area contributed by atoms with Gasteiger partial charge in [-0.25, -0.2) is 0 Å². The lowest BCUT2D eigenvalue weighted by atomic mass is 10.0. The summed E-state index contributed by atoms with van der Waals surface area (Å²) in [6, 6.07) is 5.95. The monoisotopic (exact) mass is 420 g/mol. The minimum Gasteiger partial charge on any atom is -0.369 e. The molecule has 0 unspecified atom stereocenters. The zero-order valence-corrected chi connectivity index (χ0v) is 17.2. The van der Waals surface area contributed by atoms with Crippen LogP contribution in [-0.2, 0) is 11.0 Å². The standard InChI is InChI=1S/C22H27F3N4O/c1-14-11-29(13-18(14)27-20(30)10-15-7-9-28(2)12-15)19-6-5-17(22(23,24)25)21-16(19)4-3-8-26-21/h3-6,8,14-15,18H,7,9-13H2,1-2H3,(H,27,30)/t14-,15-,18+/m1/s1. The van der Waals surface area contributed by atoms with Gasteiger partial charge in [0, 0.05) is 43.3 Å². The number of fused-ring (bicyclic) bond motifs is 1. The zero-order chi connectivity index (χ0) is 21.5. The van der Waals surface area contributed by atoms with Crippen LogP contribution in [-0.4, -0.2) is 55.1 Å². The van der Waals surface area contributed by atoms with E-state index >= 15 is 0 Å². The molecule has 1 aromatic heterocycles. The Bertz CT molecular complexity index is 932. The minimum atomic E-state index is -4.45. The van der Waals surface area contributed by atoms with Crippen molar-refractivity contribution < 1.29 is 18.0 Å². The van der Waals surface area contributed by atoms with Crippen molar-refractivity contribution in [1.29, 1.82) is 0 Å². The largest absolute Gasteiger partial charge is 0.418 e. The number of nitrogens with one attached hydrogen (secondary N) is 1. The molecule has 1 aromatic carbocycles. The quantitative estimate of drug-likeness (QED) is 0.822. The van der Waals surface area contributed by atoms with E-state index < -0.39 is 11.7 Å². The summed E-state index contributed by atoms with van der Waals surface area (Å²) in [5.41, 5.74) is -0.0272. The van der Waals surface area contributed by atoms with E-state index in [1.54, 1.807) is 12.1 Å². The van der Waals surface area contributed by atoms with Crippen molar-refractivity contribution in [3.63, 3.8) is 0 Å². The van der Waals surface area contributed by atoms with Gasteiger partial charge in [-0.3, -0.25) is 9.78 Å². The van der Waals surface area contributed by atoms with Gasteiger partial charge in [0.15, 0.2) is 0 Å². The first-order chi connectivity index (χ1) is 14.2. The van der Waals surface area contributed by atoms with Crippen LogP contribution >= 0.6 is 0 Å². The number of alkyl halides is 3. The fourth-order valence-electron chi connectivity index (χ4n) is 4.73. The first-order valence-corrected chi connectivity index (χ1v) is 10.4. The molecule has 1 N–H and O–H groups in total. The fourth-order valence-corrected chi connectivity index (χ4v) is 4.73. The first kappa shape index (κ1) is 20.9. The highest BCUT2D eigenvalue weighted by molar-refractivity contribution is 5.94. The first-order valence-electron chi connectivity index (χ1n) is 10.4. The molecular weight excluding hydrogens is 393 g/mol. The maximum atomic E-state index is 13.4. The Morgan fingerprint density at radius 3 is 2.73 bits per heavy atom. The number of likely N-dealkylation sites (tertiary alicyclic amines) is 1. The normalized spacial score (nSPS) is 25.2. The summed E-state index contributed by atoms with van der Waals surface area (Å²) in [5.74, 6) is 0.662. The average Bonchev–Trinajstić information content (AvgIpc) is 3.25. The topological polar surface area (TPSA) is 48.5 Å². The summed E-state index contributed by atoms with van der Waals surface area (Å²) in [4.78, 5) is 20.8. The molecule has 0 bridgehead atoms. The molecule has 30 heavy (non-hydrogen) atoms. The number of carbonyl (C=O) groups is 1. The number of carbonyl (C=O) groups excluding carboxylic acids is 1. The number of benzene rings is 1. The summed E-state index contributed by atoms with van der Waals surface area (Å²) in [7, 11) is 2.07. The lowest BCUT2D eigenvalue weighted by Gasteiger charge is -2.22. The Balaban J connectivity index is 1.49. The summed E-state index contributed by atoms with van der Waals surface area (Å²) >= 11 is 0. The van der Waals surface area contributed by atoms with Crippen LogP contribution in [0, 0.1) is 11.8 Å². The van der Waals surface area contributed by atoms with Crippen molar-refractivity contribution in [3.8, 4) is 0 Å². The molecule has 8 heteroatoms. The van der Waals surface area contributed by atoms with Crippen LogP contribution in [0.4, 0.5) is 18.9 Å². The van der Waals surface area contributed by atoms with Gasteiger partial charge in [0.1, 0.15) is 0 Å². The molecule has 0 spiro atoms. The van der Waals surface area contributed by atoms with Crippen LogP contribution < -0.4 is 10.2 Å². The van der Waals surface area contributed by atoms with Gasteiger partial charge in [0.25, 0.3) is 0 Å². The number of rotatable bonds is 4. The maximum absolute atomic E-state index is 13.4. The highest BCUT2D eigenvalue weighted by Gasteiger charge is 2.36. The molecule has 3 heterocycles. The van der Waals surface area contributed by atoms with Crippen LogP contribution in [0.1, 0.15) is 25.3 Å². The SMILES string of the molecule is C[C@@H]1CN(c2ccc(C(F)(F)F)c3ncccc23)C[C@@H]1NC(=O)C[C@H]1CCN(C)C1. The third kappa shape index (κ3) is 4.24. The third-order valence-electron chi connectivity index (χ3n) is 6.31. The second kappa shape index (κ2) is 8.06. The van der Waals surface area contributed by atoms with E-state index in [0.29, 0.717) is 30.8 Å². The lowest BCUT2D eigenvalue weighted by molar-refractivity contribution is -0.136. The van der Waals surface area contributed by atoms with E-state index in [-0.39, 0.29) is 23.4 Å². The van der Waals surface area contributed by atoms with Crippen molar-refractivity contribution >= 4 is 22.5 Å². The van der Waals surface area contributed by atoms with Crippen molar-refractivity contribution in [1.82, 2.24) is 15.2 Å². The fraction of sp³-hybridized carbons (Fsp3) is 0.545. The minimum absolute atomic E-state index is 0.0225. The van der Waals surface area contributed by atoms with Gasteiger partial charge in [-0.1, -0.05) is 6.92 Å². The van der Waals surface area contributed by atoms with E-state index in [4.69, 9.17) is 0 Å². The Morgan fingerprint density at radius 1 is 1.23 bits per heavy atom. The molecular formula is C22H27F3N4O. The number of pyridine rings is 1. The second-order valence-corrected chi connectivity index (χ2v) is 8.71. The van der Waals surface area contributed by atoms with E-state index in [9.17, 15) is 18.0 Å².